The Labute approximate surface area is 121 Å². The SMILES string of the molecule is CCC(C(=O)N(C)CC1(CO)CCC1)N1CCOCC1. The molecule has 1 atom stereocenters. The molecular weight excluding hydrogens is 256 g/mol. The van der Waals surface area contributed by atoms with Crippen molar-refractivity contribution in [1.29, 1.82) is 0 Å². The third-order valence-corrected chi connectivity index (χ3v) is 4.86. The fraction of sp³-hybridized carbons (Fsp3) is 0.933. The van der Waals surface area contributed by atoms with Crippen molar-refractivity contribution in [2.24, 2.45) is 5.41 Å². The van der Waals surface area contributed by atoms with Crippen molar-refractivity contribution in [3.05, 3.63) is 0 Å². The number of aliphatic hydroxyl groups excluding tert-OH is 1. The summed E-state index contributed by atoms with van der Waals surface area (Å²) in [5.41, 5.74) is -0.0340. The Kier molecular flexibility index (Phi) is 5.41. The van der Waals surface area contributed by atoms with E-state index in [9.17, 15) is 9.90 Å². The molecule has 0 aromatic carbocycles. The number of amides is 1. The van der Waals surface area contributed by atoms with Gasteiger partial charge in [-0.15, -0.1) is 0 Å². The van der Waals surface area contributed by atoms with Gasteiger partial charge in [0.15, 0.2) is 0 Å². The van der Waals surface area contributed by atoms with Gasteiger partial charge in [-0.25, -0.2) is 0 Å². The van der Waals surface area contributed by atoms with Gasteiger partial charge in [0.2, 0.25) is 5.91 Å². The first-order valence-electron chi connectivity index (χ1n) is 7.79. The summed E-state index contributed by atoms with van der Waals surface area (Å²) in [4.78, 5) is 16.7. The van der Waals surface area contributed by atoms with Crippen molar-refractivity contribution in [3.8, 4) is 0 Å². The van der Waals surface area contributed by atoms with E-state index < -0.39 is 0 Å². The number of nitrogens with zero attached hydrogens (tertiary/aromatic N) is 2. The van der Waals surface area contributed by atoms with E-state index in [4.69, 9.17) is 4.74 Å². The van der Waals surface area contributed by atoms with Crippen LogP contribution < -0.4 is 0 Å². The molecule has 0 bridgehead atoms. The van der Waals surface area contributed by atoms with Crippen LogP contribution in [0.4, 0.5) is 0 Å². The number of morpholine rings is 1. The van der Waals surface area contributed by atoms with Crippen LogP contribution in [-0.4, -0.2) is 73.4 Å². The number of aliphatic hydroxyl groups is 1. The van der Waals surface area contributed by atoms with Crippen LogP contribution in [0.3, 0.4) is 0 Å². The van der Waals surface area contributed by atoms with Gasteiger partial charge in [0, 0.05) is 32.1 Å². The lowest BCUT2D eigenvalue weighted by Gasteiger charge is -2.44. The van der Waals surface area contributed by atoms with Gasteiger partial charge in [0.05, 0.1) is 25.9 Å². The predicted molar refractivity (Wildman–Crippen MR) is 77.5 cm³/mol. The Morgan fingerprint density at radius 2 is 2.05 bits per heavy atom. The molecule has 1 N–H and O–H groups in total. The zero-order valence-electron chi connectivity index (χ0n) is 12.8. The summed E-state index contributed by atoms with van der Waals surface area (Å²) in [5.74, 6) is 0.189. The molecule has 1 saturated heterocycles. The standard InChI is InChI=1S/C15H28N2O3/c1-3-13(17-7-9-20-10-8-17)14(19)16(2)11-15(12-18)5-4-6-15/h13,18H,3-12H2,1-2H3. The lowest BCUT2D eigenvalue weighted by Crippen LogP contribution is -2.54. The van der Waals surface area contributed by atoms with E-state index in [1.165, 1.54) is 6.42 Å². The minimum absolute atomic E-state index is 0.0340. The van der Waals surface area contributed by atoms with Gasteiger partial charge < -0.3 is 14.7 Å². The van der Waals surface area contributed by atoms with E-state index in [2.05, 4.69) is 11.8 Å². The Hall–Kier alpha value is -0.650. The molecule has 20 heavy (non-hydrogen) atoms. The third-order valence-electron chi connectivity index (χ3n) is 4.86. The van der Waals surface area contributed by atoms with Gasteiger partial charge in [-0.1, -0.05) is 13.3 Å². The maximum atomic E-state index is 12.7. The Morgan fingerprint density at radius 1 is 1.40 bits per heavy atom. The normalized spacial score (nSPS) is 23.9. The maximum absolute atomic E-state index is 12.7. The Bertz CT molecular complexity index is 320. The fourth-order valence-electron chi connectivity index (χ4n) is 3.36. The quantitative estimate of drug-likeness (QED) is 0.781. The van der Waals surface area contributed by atoms with Crippen LogP contribution in [-0.2, 0) is 9.53 Å². The molecule has 1 amide bonds. The maximum Gasteiger partial charge on any atom is 0.239 e. The van der Waals surface area contributed by atoms with Crippen LogP contribution in [0, 0.1) is 5.41 Å². The first-order valence-corrected chi connectivity index (χ1v) is 7.79. The van der Waals surface area contributed by atoms with Gasteiger partial charge in [-0.2, -0.15) is 0 Å². The smallest absolute Gasteiger partial charge is 0.239 e. The summed E-state index contributed by atoms with van der Waals surface area (Å²) < 4.78 is 5.36. The highest BCUT2D eigenvalue weighted by Gasteiger charge is 2.39. The van der Waals surface area contributed by atoms with Crippen molar-refractivity contribution < 1.29 is 14.6 Å². The molecular formula is C15H28N2O3. The molecule has 1 heterocycles. The van der Waals surface area contributed by atoms with E-state index in [1.807, 2.05) is 11.9 Å². The zero-order chi connectivity index (χ0) is 14.6. The number of likely N-dealkylation sites (N-methyl/N-ethyl adjacent to an activating group) is 1. The van der Waals surface area contributed by atoms with Gasteiger partial charge >= 0.3 is 0 Å². The first-order chi connectivity index (χ1) is 9.62. The van der Waals surface area contributed by atoms with E-state index in [0.717, 1.165) is 32.4 Å². The topological polar surface area (TPSA) is 53.0 Å². The highest BCUT2D eigenvalue weighted by molar-refractivity contribution is 5.81. The van der Waals surface area contributed by atoms with E-state index in [-0.39, 0.29) is 24.0 Å². The number of ether oxygens (including phenoxy) is 1. The molecule has 5 nitrogen and oxygen atoms in total. The van der Waals surface area contributed by atoms with Crippen molar-refractivity contribution in [2.45, 2.75) is 38.6 Å². The van der Waals surface area contributed by atoms with Gasteiger partial charge in [-0.3, -0.25) is 9.69 Å². The van der Waals surface area contributed by atoms with Crippen LogP contribution in [0.15, 0.2) is 0 Å². The fourth-order valence-corrected chi connectivity index (χ4v) is 3.36. The highest BCUT2D eigenvalue weighted by atomic mass is 16.5. The minimum atomic E-state index is -0.0419. The molecule has 2 fully saturated rings. The lowest BCUT2D eigenvalue weighted by molar-refractivity contribution is -0.140. The van der Waals surface area contributed by atoms with Crippen LogP contribution in [0.25, 0.3) is 0 Å². The van der Waals surface area contributed by atoms with E-state index >= 15 is 0 Å². The molecule has 0 spiro atoms. The summed E-state index contributed by atoms with van der Waals surface area (Å²) in [5, 5.41) is 9.55. The molecule has 0 aromatic rings. The molecule has 2 aliphatic rings. The van der Waals surface area contributed by atoms with Crippen molar-refractivity contribution in [2.75, 3.05) is 46.5 Å². The number of hydrogen-bond acceptors (Lipinski definition) is 4. The molecule has 2 rings (SSSR count). The zero-order valence-corrected chi connectivity index (χ0v) is 12.8. The third kappa shape index (κ3) is 3.32. The second-order valence-electron chi connectivity index (χ2n) is 6.28. The largest absolute Gasteiger partial charge is 0.396 e. The summed E-state index contributed by atoms with van der Waals surface area (Å²) >= 11 is 0. The van der Waals surface area contributed by atoms with Crippen molar-refractivity contribution in [1.82, 2.24) is 9.80 Å². The summed E-state index contributed by atoms with van der Waals surface area (Å²) in [6, 6.07) is -0.0419. The summed E-state index contributed by atoms with van der Waals surface area (Å²) in [6.45, 7) is 6.05. The number of carbonyl (C=O) groups is 1. The number of rotatable bonds is 6. The summed E-state index contributed by atoms with van der Waals surface area (Å²) in [7, 11) is 1.88. The van der Waals surface area contributed by atoms with Crippen molar-refractivity contribution in [3.63, 3.8) is 0 Å². The van der Waals surface area contributed by atoms with Crippen LogP contribution >= 0.6 is 0 Å². The highest BCUT2D eigenvalue weighted by Crippen LogP contribution is 2.40. The van der Waals surface area contributed by atoms with E-state index in [1.54, 1.807) is 0 Å². The van der Waals surface area contributed by atoms with E-state index in [0.29, 0.717) is 19.8 Å². The summed E-state index contributed by atoms with van der Waals surface area (Å²) in [6.07, 6.45) is 4.07. The van der Waals surface area contributed by atoms with Gasteiger partial charge in [0.1, 0.15) is 0 Å². The molecule has 0 radical (unpaired) electrons. The van der Waals surface area contributed by atoms with Crippen molar-refractivity contribution >= 4 is 5.91 Å². The second-order valence-corrected chi connectivity index (χ2v) is 6.28. The monoisotopic (exact) mass is 284 g/mol. The average Bonchev–Trinajstić information content (AvgIpc) is 2.44. The molecule has 1 aliphatic carbocycles. The molecule has 1 unspecified atom stereocenters. The molecule has 5 heteroatoms. The molecule has 1 saturated carbocycles. The lowest BCUT2D eigenvalue weighted by atomic mass is 9.69. The molecule has 0 aromatic heterocycles. The van der Waals surface area contributed by atoms with Gasteiger partial charge in [-0.05, 0) is 19.3 Å². The van der Waals surface area contributed by atoms with Crippen LogP contribution in [0.2, 0.25) is 0 Å². The second kappa shape index (κ2) is 6.87. The predicted octanol–water partition coefficient (Wildman–Crippen LogP) is 0.718. The molecule has 116 valence electrons. The number of hydrogen-bond donors (Lipinski definition) is 1. The Morgan fingerprint density at radius 3 is 2.50 bits per heavy atom. The average molecular weight is 284 g/mol. The Balaban J connectivity index is 1.93. The number of carbonyl (C=O) groups excluding carboxylic acids is 1. The molecule has 1 aliphatic heterocycles. The first kappa shape index (κ1) is 15.7. The van der Waals surface area contributed by atoms with Crippen LogP contribution in [0.1, 0.15) is 32.6 Å². The van der Waals surface area contributed by atoms with Crippen LogP contribution in [0.5, 0.6) is 0 Å². The van der Waals surface area contributed by atoms with Gasteiger partial charge in [0.25, 0.3) is 0 Å². The minimum Gasteiger partial charge on any atom is -0.396 e.